The van der Waals surface area contributed by atoms with E-state index in [9.17, 15) is 0 Å². The Hall–Kier alpha value is -0.820. The Morgan fingerprint density at radius 2 is 2.00 bits per heavy atom. The minimum Gasteiger partial charge on any atom is -0.293 e. The predicted octanol–water partition coefficient (Wildman–Crippen LogP) is 2.76. The first-order valence-electron chi connectivity index (χ1n) is 5.12. The first kappa shape index (κ1) is 8.76. The molecule has 1 aliphatic rings. The van der Waals surface area contributed by atoms with Gasteiger partial charge in [0.25, 0.3) is 0 Å². The summed E-state index contributed by atoms with van der Waals surface area (Å²) in [6.07, 6.45) is 1.27. The van der Waals surface area contributed by atoms with Crippen LogP contribution in [0.4, 0.5) is 0 Å². The van der Waals surface area contributed by atoms with Crippen LogP contribution < -0.4 is 0 Å². The number of benzene rings is 1. The van der Waals surface area contributed by atoms with Crippen molar-refractivity contribution in [3.63, 3.8) is 0 Å². The zero-order valence-corrected chi connectivity index (χ0v) is 8.46. The van der Waals surface area contributed by atoms with Crippen LogP contribution >= 0.6 is 0 Å². The van der Waals surface area contributed by atoms with E-state index in [0.29, 0.717) is 0 Å². The highest BCUT2D eigenvalue weighted by Gasteiger charge is 2.33. The summed E-state index contributed by atoms with van der Waals surface area (Å²) in [5, 5.41) is 0. The van der Waals surface area contributed by atoms with Crippen molar-refractivity contribution in [1.29, 1.82) is 0 Å². The molecule has 1 aromatic carbocycles. The molecule has 70 valence electrons. The summed E-state index contributed by atoms with van der Waals surface area (Å²) in [4.78, 5) is 2.52. The van der Waals surface area contributed by atoms with E-state index in [4.69, 9.17) is 0 Å². The lowest BCUT2D eigenvalue weighted by Crippen LogP contribution is -1.98. The smallest absolute Gasteiger partial charge is 0.0476 e. The molecule has 0 spiro atoms. The van der Waals surface area contributed by atoms with Crippen LogP contribution in [-0.2, 0) is 0 Å². The zero-order chi connectivity index (χ0) is 9.26. The Morgan fingerprint density at radius 1 is 1.31 bits per heavy atom. The van der Waals surface area contributed by atoms with E-state index in [2.05, 4.69) is 43.0 Å². The van der Waals surface area contributed by atoms with E-state index < -0.39 is 0 Å². The summed E-state index contributed by atoms with van der Waals surface area (Å²) >= 11 is 0. The average Bonchev–Trinajstić information content (AvgIpc) is 2.86. The maximum absolute atomic E-state index is 2.52. The second-order valence-electron chi connectivity index (χ2n) is 3.92. The fourth-order valence-corrected chi connectivity index (χ4v) is 1.81. The van der Waals surface area contributed by atoms with Gasteiger partial charge in [-0.1, -0.05) is 36.8 Å². The molecule has 2 unspecified atom stereocenters. The van der Waals surface area contributed by atoms with Crippen molar-refractivity contribution in [2.45, 2.75) is 26.3 Å². The molecule has 2 atom stereocenters. The molecular weight excluding hydrogens is 158 g/mol. The molecule has 13 heavy (non-hydrogen) atoms. The van der Waals surface area contributed by atoms with Crippen LogP contribution in [0.3, 0.4) is 0 Å². The number of hydrogen-bond donors (Lipinski definition) is 0. The van der Waals surface area contributed by atoms with Crippen LogP contribution in [-0.4, -0.2) is 18.0 Å². The van der Waals surface area contributed by atoms with Gasteiger partial charge in [-0.3, -0.25) is 4.90 Å². The van der Waals surface area contributed by atoms with E-state index in [-0.39, 0.29) is 0 Å². The normalized spacial score (nSPS) is 26.0. The molecule has 1 fully saturated rings. The lowest BCUT2D eigenvalue weighted by molar-refractivity contribution is 0.509. The van der Waals surface area contributed by atoms with Gasteiger partial charge < -0.3 is 0 Å². The van der Waals surface area contributed by atoms with Crippen LogP contribution in [0.2, 0.25) is 0 Å². The third-order valence-corrected chi connectivity index (χ3v) is 2.69. The molecule has 0 N–H and O–H groups in total. The topological polar surface area (TPSA) is 3.01 Å². The van der Waals surface area contributed by atoms with Crippen molar-refractivity contribution in [2.24, 2.45) is 0 Å². The average molecular weight is 175 g/mol. The molecule has 1 aliphatic heterocycles. The van der Waals surface area contributed by atoms with Gasteiger partial charge in [-0.15, -0.1) is 0 Å². The molecule has 0 radical (unpaired) electrons. The molecule has 0 bridgehead atoms. The summed E-state index contributed by atoms with van der Waals surface area (Å²) in [5.41, 5.74) is 2.84. The molecule has 0 aromatic heterocycles. The van der Waals surface area contributed by atoms with Crippen molar-refractivity contribution in [3.8, 4) is 0 Å². The fourth-order valence-electron chi connectivity index (χ4n) is 1.81. The number of rotatable bonds is 3. The molecule has 1 nitrogen and oxygen atoms in total. The maximum atomic E-state index is 2.52. The fraction of sp³-hybridized carbons (Fsp3) is 0.500. The standard InChI is InChI=1S/C12H17N/c1-3-8-13-9-12(13)11-6-4-10(2)5-7-11/h4-7,12H,3,8-9H2,1-2H3. The molecular formula is C12H17N. The Bertz CT molecular complexity index is 276. The molecule has 1 heterocycles. The third kappa shape index (κ3) is 1.92. The van der Waals surface area contributed by atoms with E-state index >= 15 is 0 Å². The van der Waals surface area contributed by atoms with Gasteiger partial charge in [0.05, 0.1) is 0 Å². The van der Waals surface area contributed by atoms with Crippen molar-refractivity contribution >= 4 is 0 Å². The minimum atomic E-state index is 0.723. The van der Waals surface area contributed by atoms with Crippen LogP contribution in [0.5, 0.6) is 0 Å². The van der Waals surface area contributed by atoms with Gasteiger partial charge in [-0.05, 0) is 25.5 Å². The Balaban J connectivity index is 2.00. The lowest BCUT2D eigenvalue weighted by Gasteiger charge is -2.01. The van der Waals surface area contributed by atoms with E-state index in [1.54, 1.807) is 0 Å². The number of nitrogens with zero attached hydrogens (tertiary/aromatic N) is 1. The summed E-state index contributed by atoms with van der Waals surface area (Å²) in [7, 11) is 0. The summed E-state index contributed by atoms with van der Waals surface area (Å²) in [5.74, 6) is 0. The van der Waals surface area contributed by atoms with Crippen molar-refractivity contribution in [2.75, 3.05) is 13.1 Å². The highest BCUT2D eigenvalue weighted by atomic mass is 15.3. The van der Waals surface area contributed by atoms with Gasteiger partial charge in [0.2, 0.25) is 0 Å². The van der Waals surface area contributed by atoms with Gasteiger partial charge in [0, 0.05) is 12.6 Å². The maximum Gasteiger partial charge on any atom is 0.0476 e. The van der Waals surface area contributed by atoms with Crippen LogP contribution in [0.1, 0.15) is 30.5 Å². The minimum absolute atomic E-state index is 0.723. The summed E-state index contributed by atoms with van der Waals surface area (Å²) in [6.45, 7) is 6.89. The molecule has 0 aliphatic carbocycles. The van der Waals surface area contributed by atoms with Crippen molar-refractivity contribution in [3.05, 3.63) is 35.4 Å². The lowest BCUT2D eigenvalue weighted by atomic mass is 10.1. The summed E-state index contributed by atoms with van der Waals surface area (Å²) in [6, 6.07) is 9.65. The highest BCUT2D eigenvalue weighted by molar-refractivity contribution is 5.27. The zero-order valence-electron chi connectivity index (χ0n) is 8.46. The Labute approximate surface area is 80.4 Å². The summed E-state index contributed by atoms with van der Waals surface area (Å²) < 4.78 is 0. The predicted molar refractivity (Wildman–Crippen MR) is 55.8 cm³/mol. The highest BCUT2D eigenvalue weighted by Crippen LogP contribution is 2.34. The van der Waals surface area contributed by atoms with Gasteiger partial charge in [-0.25, -0.2) is 0 Å². The molecule has 1 saturated heterocycles. The first-order valence-corrected chi connectivity index (χ1v) is 5.12. The van der Waals surface area contributed by atoms with Crippen molar-refractivity contribution in [1.82, 2.24) is 4.90 Å². The molecule has 1 aromatic rings. The number of aryl methyl sites for hydroxylation is 1. The van der Waals surface area contributed by atoms with Crippen molar-refractivity contribution < 1.29 is 0 Å². The van der Waals surface area contributed by atoms with Gasteiger partial charge in [-0.2, -0.15) is 0 Å². The first-order chi connectivity index (χ1) is 6.31. The Morgan fingerprint density at radius 3 is 2.62 bits per heavy atom. The second-order valence-corrected chi connectivity index (χ2v) is 3.92. The van der Waals surface area contributed by atoms with Gasteiger partial charge >= 0.3 is 0 Å². The van der Waals surface area contributed by atoms with Gasteiger partial charge in [0.1, 0.15) is 0 Å². The van der Waals surface area contributed by atoms with E-state index in [1.165, 1.54) is 30.6 Å². The quantitative estimate of drug-likeness (QED) is 0.638. The third-order valence-electron chi connectivity index (χ3n) is 2.69. The van der Waals surface area contributed by atoms with E-state index in [0.717, 1.165) is 6.04 Å². The molecule has 0 saturated carbocycles. The van der Waals surface area contributed by atoms with Gasteiger partial charge in [0.15, 0.2) is 0 Å². The number of hydrogen-bond acceptors (Lipinski definition) is 1. The van der Waals surface area contributed by atoms with Crippen LogP contribution in [0, 0.1) is 6.92 Å². The van der Waals surface area contributed by atoms with Crippen LogP contribution in [0.25, 0.3) is 0 Å². The molecule has 1 heteroatoms. The van der Waals surface area contributed by atoms with Crippen LogP contribution in [0.15, 0.2) is 24.3 Å². The monoisotopic (exact) mass is 175 g/mol. The Kier molecular flexibility index (Phi) is 2.36. The SMILES string of the molecule is CCCN1CC1c1ccc(C)cc1. The largest absolute Gasteiger partial charge is 0.293 e. The van der Waals surface area contributed by atoms with E-state index in [1.807, 2.05) is 0 Å². The molecule has 2 rings (SSSR count). The molecule has 0 amide bonds. The second kappa shape index (κ2) is 3.51.